The maximum absolute atomic E-state index is 13.6. The lowest BCUT2D eigenvalue weighted by Gasteiger charge is -2.25. The fourth-order valence-electron chi connectivity index (χ4n) is 3.49. The van der Waals surface area contributed by atoms with Crippen molar-refractivity contribution in [1.29, 1.82) is 0 Å². The molecule has 1 saturated heterocycles. The first-order chi connectivity index (χ1) is 12.0. The molecule has 1 aromatic heterocycles. The van der Waals surface area contributed by atoms with Crippen LogP contribution in [0.3, 0.4) is 0 Å². The van der Waals surface area contributed by atoms with Crippen LogP contribution in [0.15, 0.2) is 18.2 Å². The number of carbonyl (C=O) groups is 1. The topological polar surface area (TPSA) is 61.0 Å². The van der Waals surface area contributed by atoms with Gasteiger partial charge in [-0.3, -0.25) is 5.10 Å². The van der Waals surface area contributed by atoms with E-state index in [4.69, 9.17) is 0 Å². The lowest BCUT2D eigenvalue weighted by atomic mass is 10.0. The molecule has 2 N–H and O–H groups in total. The van der Waals surface area contributed by atoms with Crippen molar-refractivity contribution in [1.82, 2.24) is 20.4 Å². The van der Waals surface area contributed by atoms with Crippen LogP contribution in [0, 0.1) is 25.5 Å². The summed E-state index contributed by atoms with van der Waals surface area (Å²) in [5.74, 6) is -1.19. The number of nitrogens with one attached hydrogen (secondary N) is 2. The summed E-state index contributed by atoms with van der Waals surface area (Å²) in [5.41, 5.74) is 3.37. The van der Waals surface area contributed by atoms with Gasteiger partial charge in [0.05, 0.1) is 11.7 Å². The zero-order valence-corrected chi connectivity index (χ0v) is 14.4. The van der Waals surface area contributed by atoms with E-state index in [9.17, 15) is 13.6 Å². The van der Waals surface area contributed by atoms with E-state index in [1.54, 1.807) is 0 Å². The van der Waals surface area contributed by atoms with Gasteiger partial charge in [-0.25, -0.2) is 13.6 Å². The maximum atomic E-state index is 13.6. The second-order valence-corrected chi connectivity index (χ2v) is 6.42. The van der Waals surface area contributed by atoms with E-state index in [1.165, 1.54) is 12.1 Å². The molecule has 3 rings (SSSR count). The van der Waals surface area contributed by atoms with Gasteiger partial charge in [-0.05, 0) is 44.7 Å². The number of H-pyrrole nitrogens is 1. The van der Waals surface area contributed by atoms with Crippen molar-refractivity contribution >= 4 is 6.03 Å². The first kappa shape index (κ1) is 17.4. The summed E-state index contributed by atoms with van der Waals surface area (Å²) in [5, 5.41) is 10.0. The molecule has 1 aliphatic rings. The van der Waals surface area contributed by atoms with Crippen LogP contribution in [0.5, 0.6) is 0 Å². The number of aromatic amines is 1. The third-order valence-electron chi connectivity index (χ3n) is 4.72. The number of hydrogen-bond acceptors (Lipinski definition) is 2. The SMILES string of the molecule is Cc1n[nH]c(C)c1[C@H]1CCCN1C(=O)NCCc1ccc(F)cc1F. The number of aryl methyl sites for hydroxylation is 2. The summed E-state index contributed by atoms with van der Waals surface area (Å²) in [6, 6.07) is 3.35. The summed E-state index contributed by atoms with van der Waals surface area (Å²) in [4.78, 5) is 14.3. The Kier molecular flexibility index (Phi) is 5.01. The molecule has 0 spiro atoms. The molecule has 2 amide bonds. The molecular formula is C18H22F2N4O. The highest BCUT2D eigenvalue weighted by Gasteiger charge is 2.32. The Morgan fingerprint density at radius 1 is 1.40 bits per heavy atom. The molecule has 0 bridgehead atoms. The van der Waals surface area contributed by atoms with Crippen molar-refractivity contribution in [2.24, 2.45) is 0 Å². The van der Waals surface area contributed by atoms with Crippen LogP contribution in [0.4, 0.5) is 13.6 Å². The number of benzene rings is 1. The molecule has 1 aliphatic heterocycles. The van der Waals surface area contributed by atoms with Crippen molar-refractivity contribution in [2.45, 2.75) is 39.2 Å². The van der Waals surface area contributed by atoms with Crippen molar-refractivity contribution in [2.75, 3.05) is 13.1 Å². The standard InChI is InChI=1S/C18H22F2N4O/c1-11-17(12(2)23-22-11)16-4-3-9-24(16)18(25)21-8-7-13-5-6-14(19)10-15(13)20/h5-6,10,16H,3-4,7-9H2,1-2H3,(H,21,25)(H,22,23)/t16-/m1/s1. The summed E-state index contributed by atoms with van der Waals surface area (Å²) >= 11 is 0. The highest BCUT2D eigenvalue weighted by molar-refractivity contribution is 5.75. The van der Waals surface area contributed by atoms with Crippen LogP contribution in [-0.4, -0.2) is 34.2 Å². The van der Waals surface area contributed by atoms with Crippen LogP contribution in [0.2, 0.25) is 0 Å². The van der Waals surface area contributed by atoms with Gasteiger partial charge in [-0.1, -0.05) is 6.07 Å². The van der Waals surface area contributed by atoms with Gasteiger partial charge in [-0.15, -0.1) is 0 Å². The van der Waals surface area contributed by atoms with Crippen molar-refractivity contribution in [3.8, 4) is 0 Å². The van der Waals surface area contributed by atoms with Crippen LogP contribution in [0.25, 0.3) is 0 Å². The molecule has 0 saturated carbocycles. The number of likely N-dealkylation sites (tertiary alicyclic amines) is 1. The number of aromatic nitrogens is 2. The summed E-state index contributed by atoms with van der Waals surface area (Å²) in [7, 11) is 0. The first-order valence-electron chi connectivity index (χ1n) is 8.47. The van der Waals surface area contributed by atoms with Gasteiger partial charge in [0.25, 0.3) is 0 Å². The minimum atomic E-state index is -0.601. The highest BCUT2D eigenvalue weighted by atomic mass is 19.1. The number of urea groups is 1. The molecule has 0 unspecified atom stereocenters. The maximum Gasteiger partial charge on any atom is 0.317 e. The van der Waals surface area contributed by atoms with Crippen molar-refractivity contribution in [3.63, 3.8) is 0 Å². The second kappa shape index (κ2) is 7.21. The molecular weight excluding hydrogens is 326 g/mol. The quantitative estimate of drug-likeness (QED) is 0.890. The summed E-state index contributed by atoms with van der Waals surface area (Å²) in [6.07, 6.45) is 2.16. The number of nitrogens with zero attached hydrogens (tertiary/aromatic N) is 2. The highest BCUT2D eigenvalue weighted by Crippen LogP contribution is 2.34. The van der Waals surface area contributed by atoms with Crippen molar-refractivity contribution < 1.29 is 13.6 Å². The Labute approximate surface area is 145 Å². The van der Waals surface area contributed by atoms with Crippen LogP contribution < -0.4 is 5.32 Å². The molecule has 0 radical (unpaired) electrons. The minimum absolute atomic E-state index is 0.0151. The number of rotatable bonds is 4. The van der Waals surface area contributed by atoms with Crippen LogP contribution in [0.1, 0.15) is 41.4 Å². The van der Waals surface area contributed by atoms with Crippen molar-refractivity contribution in [3.05, 3.63) is 52.3 Å². The Bertz CT molecular complexity index is 755. The largest absolute Gasteiger partial charge is 0.338 e. The van der Waals surface area contributed by atoms with Crippen LogP contribution >= 0.6 is 0 Å². The predicted octanol–water partition coefficient (Wildman–Crippen LogP) is 3.39. The molecule has 2 heterocycles. The molecule has 5 nitrogen and oxygen atoms in total. The van der Waals surface area contributed by atoms with E-state index in [-0.39, 0.29) is 12.1 Å². The molecule has 1 aromatic carbocycles. The van der Waals surface area contributed by atoms with Gasteiger partial charge in [0.15, 0.2) is 0 Å². The van der Waals surface area contributed by atoms with Gasteiger partial charge < -0.3 is 10.2 Å². The third-order valence-corrected chi connectivity index (χ3v) is 4.72. The molecule has 1 atom stereocenters. The Hall–Kier alpha value is -2.44. The average molecular weight is 348 g/mol. The minimum Gasteiger partial charge on any atom is -0.338 e. The van der Waals surface area contributed by atoms with Crippen LogP contribution in [-0.2, 0) is 6.42 Å². The zero-order valence-electron chi connectivity index (χ0n) is 14.4. The zero-order chi connectivity index (χ0) is 18.0. The molecule has 1 fully saturated rings. The van der Waals surface area contributed by atoms with E-state index in [0.29, 0.717) is 25.1 Å². The second-order valence-electron chi connectivity index (χ2n) is 6.42. The Morgan fingerprint density at radius 3 is 2.88 bits per heavy atom. The molecule has 2 aromatic rings. The lowest BCUT2D eigenvalue weighted by molar-refractivity contribution is 0.193. The summed E-state index contributed by atoms with van der Waals surface area (Å²) in [6.45, 7) is 4.88. The molecule has 25 heavy (non-hydrogen) atoms. The Balaban J connectivity index is 1.61. The molecule has 0 aliphatic carbocycles. The van der Waals surface area contributed by atoms with E-state index in [0.717, 1.165) is 35.9 Å². The van der Waals surface area contributed by atoms with Gasteiger partial charge >= 0.3 is 6.03 Å². The Morgan fingerprint density at radius 2 is 2.20 bits per heavy atom. The van der Waals surface area contributed by atoms with E-state index < -0.39 is 11.6 Å². The summed E-state index contributed by atoms with van der Waals surface area (Å²) < 4.78 is 26.6. The van der Waals surface area contributed by atoms with E-state index in [1.807, 2.05) is 18.7 Å². The molecule has 134 valence electrons. The fourth-order valence-corrected chi connectivity index (χ4v) is 3.49. The van der Waals surface area contributed by atoms with E-state index >= 15 is 0 Å². The van der Waals surface area contributed by atoms with Gasteiger partial charge in [0.1, 0.15) is 11.6 Å². The smallest absolute Gasteiger partial charge is 0.317 e. The fraction of sp³-hybridized carbons (Fsp3) is 0.444. The number of amides is 2. The monoisotopic (exact) mass is 348 g/mol. The third kappa shape index (κ3) is 3.65. The van der Waals surface area contributed by atoms with Gasteiger partial charge in [0.2, 0.25) is 0 Å². The van der Waals surface area contributed by atoms with E-state index in [2.05, 4.69) is 15.5 Å². The molecule has 7 heteroatoms. The lowest BCUT2D eigenvalue weighted by Crippen LogP contribution is -2.40. The number of halogens is 2. The first-order valence-corrected chi connectivity index (χ1v) is 8.47. The normalized spacial score (nSPS) is 17.1. The number of carbonyl (C=O) groups excluding carboxylic acids is 1. The predicted molar refractivity (Wildman–Crippen MR) is 90.2 cm³/mol. The van der Waals surface area contributed by atoms with Gasteiger partial charge in [0, 0.05) is 30.4 Å². The van der Waals surface area contributed by atoms with Gasteiger partial charge in [-0.2, -0.15) is 5.10 Å². The average Bonchev–Trinajstić information content (AvgIpc) is 3.16. The number of hydrogen-bond donors (Lipinski definition) is 2.